The topological polar surface area (TPSA) is 63.1 Å². The SMILES string of the molecule is Cc1cc(C(F)(F)C(=O)O)nc(C)n1. The van der Waals surface area contributed by atoms with Crippen LogP contribution in [0.3, 0.4) is 0 Å². The second-order valence-corrected chi connectivity index (χ2v) is 2.82. The van der Waals surface area contributed by atoms with E-state index in [1.807, 2.05) is 0 Å². The lowest BCUT2D eigenvalue weighted by Crippen LogP contribution is -2.27. The van der Waals surface area contributed by atoms with Crippen molar-refractivity contribution in [1.29, 1.82) is 0 Å². The summed E-state index contributed by atoms with van der Waals surface area (Å²) >= 11 is 0. The van der Waals surface area contributed by atoms with E-state index < -0.39 is 17.6 Å². The first kappa shape index (κ1) is 10.5. The Morgan fingerprint density at radius 2 is 2.00 bits per heavy atom. The summed E-state index contributed by atoms with van der Waals surface area (Å²) in [7, 11) is 0. The van der Waals surface area contributed by atoms with Gasteiger partial charge >= 0.3 is 11.9 Å². The van der Waals surface area contributed by atoms with E-state index in [-0.39, 0.29) is 5.82 Å². The largest absolute Gasteiger partial charge is 0.476 e. The van der Waals surface area contributed by atoms with Gasteiger partial charge in [0, 0.05) is 5.69 Å². The van der Waals surface area contributed by atoms with Crippen molar-refractivity contribution >= 4 is 5.97 Å². The van der Waals surface area contributed by atoms with E-state index in [1.54, 1.807) is 0 Å². The maximum Gasteiger partial charge on any atom is 0.384 e. The highest BCUT2D eigenvalue weighted by atomic mass is 19.3. The van der Waals surface area contributed by atoms with Crippen molar-refractivity contribution in [3.63, 3.8) is 0 Å². The molecule has 0 aliphatic rings. The van der Waals surface area contributed by atoms with Gasteiger partial charge in [-0.3, -0.25) is 0 Å². The highest BCUT2D eigenvalue weighted by Crippen LogP contribution is 2.26. The lowest BCUT2D eigenvalue weighted by atomic mass is 10.2. The Hall–Kier alpha value is -1.59. The molecule has 1 heterocycles. The molecule has 0 saturated carbocycles. The fraction of sp³-hybridized carbons (Fsp3) is 0.375. The van der Waals surface area contributed by atoms with Gasteiger partial charge in [-0.2, -0.15) is 8.78 Å². The van der Waals surface area contributed by atoms with Crippen LogP contribution in [0.1, 0.15) is 17.2 Å². The molecule has 0 amide bonds. The van der Waals surface area contributed by atoms with Crippen LogP contribution >= 0.6 is 0 Å². The van der Waals surface area contributed by atoms with Crippen LogP contribution in [0.2, 0.25) is 0 Å². The Bertz CT molecular complexity index is 359. The number of carboxylic acids is 1. The molecule has 0 aromatic carbocycles. The minimum absolute atomic E-state index is 0.126. The molecule has 0 radical (unpaired) electrons. The smallest absolute Gasteiger partial charge is 0.384 e. The molecule has 0 bridgehead atoms. The summed E-state index contributed by atoms with van der Waals surface area (Å²) < 4.78 is 25.9. The first-order valence-corrected chi connectivity index (χ1v) is 3.78. The Labute approximate surface area is 78.6 Å². The molecular formula is C8H8F2N2O2. The standard InChI is InChI=1S/C8H8F2N2O2/c1-4-3-6(12-5(2)11-4)8(9,10)7(13)14/h3H,1-2H3,(H,13,14). The Morgan fingerprint density at radius 3 is 2.43 bits per heavy atom. The lowest BCUT2D eigenvalue weighted by Gasteiger charge is -2.10. The number of alkyl halides is 2. The number of hydrogen-bond acceptors (Lipinski definition) is 3. The molecular weight excluding hydrogens is 194 g/mol. The molecule has 0 unspecified atom stereocenters. The molecule has 0 saturated heterocycles. The zero-order chi connectivity index (χ0) is 10.9. The minimum atomic E-state index is -3.96. The van der Waals surface area contributed by atoms with Crippen molar-refractivity contribution in [2.75, 3.05) is 0 Å². The predicted octanol–water partition coefficient (Wildman–Crippen LogP) is 1.27. The van der Waals surface area contributed by atoms with Gasteiger partial charge in [-0.05, 0) is 19.9 Å². The average Bonchev–Trinajstić information content (AvgIpc) is 2.01. The highest BCUT2D eigenvalue weighted by molar-refractivity contribution is 5.76. The summed E-state index contributed by atoms with van der Waals surface area (Å²) in [4.78, 5) is 17.4. The number of aromatic nitrogens is 2. The molecule has 76 valence electrons. The molecule has 1 N–H and O–H groups in total. The van der Waals surface area contributed by atoms with Gasteiger partial charge in [0.25, 0.3) is 0 Å². The molecule has 0 atom stereocenters. The van der Waals surface area contributed by atoms with Gasteiger partial charge in [0.1, 0.15) is 11.5 Å². The van der Waals surface area contributed by atoms with Gasteiger partial charge in [0.2, 0.25) is 0 Å². The van der Waals surface area contributed by atoms with Gasteiger partial charge in [-0.1, -0.05) is 0 Å². The van der Waals surface area contributed by atoms with E-state index in [1.165, 1.54) is 13.8 Å². The van der Waals surface area contributed by atoms with Gasteiger partial charge < -0.3 is 5.11 Å². The lowest BCUT2D eigenvalue weighted by molar-refractivity contribution is -0.166. The van der Waals surface area contributed by atoms with Crippen molar-refractivity contribution in [3.05, 3.63) is 23.3 Å². The van der Waals surface area contributed by atoms with Gasteiger partial charge in [-0.15, -0.1) is 0 Å². The van der Waals surface area contributed by atoms with Crippen LogP contribution in [-0.2, 0) is 10.7 Å². The molecule has 0 fully saturated rings. The Balaban J connectivity index is 3.25. The number of carboxylic acid groups (broad SMARTS) is 1. The van der Waals surface area contributed by atoms with Crippen LogP contribution < -0.4 is 0 Å². The quantitative estimate of drug-likeness (QED) is 0.784. The van der Waals surface area contributed by atoms with Crippen molar-refractivity contribution in [1.82, 2.24) is 9.97 Å². The van der Waals surface area contributed by atoms with Crippen LogP contribution in [-0.4, -0.2) is 21.0 Å². The van der Waals surface area contributed by atoms with Crippen molar-refractivity contribution in [2.24, 2.45) is 0 Å². The van der Waals surface area contributed by atoms with Crippen molar-refractivity contribution < 1.29 is 18.7 Å². The first-order chi connectivity index (χ1) is 6.34. The van der Waals surface area contributed by atoms with E-state index in [2.05, 4.69) is 9.97 Å². The molecule has 6 heteroatoms. The zero-order valence-corrected chi connectivity index (χ0v) is 7.58. The number of carbonyl (C=O) groups is 1. The molecule has 1 rings (SSSR count). The summed E-state index contributed by atoms with van der Waals surface area (Å²) in [5, 5.41) is 8.27. The number of rotatable bonds is 2. The summed E-state index contributed by atoms with van der Waals surface area (Å²) in [6, 6.07) is 0.959. The molecule has 0 aliphatic carbocycles. The number of aryl methyl sites for hydroxylation is 2. The Morgan fingerprint density at radius 1 is 1.43 bits per heavy atom. The van der Waals surface area contributed by atoms with Crippen LogP contribution in [0.25, 0.3) is 0 Å². The average molecular weight is 202 g/mol. The van der Waals surface area contributed by atoms with E-state index in [4.69, 9.17) is 5.11 Å². The monoisotopic (exact) mass is 202 g/mol. The van der Waals surface area contributed by atoms with E-state index in [9.17, 15) is 13.6 Å². The number of nitrogens with zero attached hydrogens (tertiary/aromatic N) is 2. The first-order valence-electron chi connectivity index (χ1n) is 3.78. The number of aliphatic carboxylic acids is 1. The molecule has 0 spiro atoms. The van der Waals surface area contributed by atoms with Gasteiger partial charge in [-0.25, -0.2) is 14.8 Å². The minimum Gasteiger partial charge on any atom is -0.476 e. The molecule has 4 nitrogen and oxygen atoms in total. The number of halogens is 2. The van der Waals surface area contributed by atoms with Crippen LogP contribution in [0.5, 0.6) is 0 Å². The normalized spacial score (nSPS) is 11.4. The van der Waals surface area contributed by atoms with Crippen LogP contribution in [0.15, 0.2) is 6.07 Å². The number of hydrogen-bond donors (Lipinski definition) is 1. The Kier molecular flexibility index (Phi) is 2.46. The third kappa shape index (κ3) is 1.84. The van der Waals surface area contributed by atoms with Crippen molar-refractivity contribution in [2.45, 2.75) is 19.8 Å². The van der Waals surface area contributed by atoms with Gasteiger partial charge in [0.15, 0.2) is 0 Å². The third-order valence-corrected chi connectivity index (χ3v) is 1.56. The predicted molar refractivity (Wildman–Crippen MR) is 43.0 cm³/mol. The molecule has 14 heavy (non-hydrogen) atoms. The van der Waals surface area contributed by atoms with Gasteiger partial charge in [0.05, 0.1) is 0 Å². The summed E-state index contributed by atoms with van der Waals surface area (Å²) in [5.41, 5.74) is -0.469. The zero-order valence-electron chi connectivity index (χ0n) is 7.58. The van der Waals surface area contributed by atoms with E-state index in [0.717, 1.165) is 6.07 Å². The van der Waals surface area contributed by atoms with Crippen LogP contribution in [0.4, 0.5) is 8.78 Å². The maximum atomic E-state index is 12.9. The van der Waals surface area contributed by atoms with Crippen LogP contribution in [0, 0.1) is 13.8 Å². The maximum absolute atomic E-state index is 12.9. The fourth-order valence-corrected chi connectivity index (χ4v) is 0.987. The van der Waals surface area contributed by atoms with E-state index >= 15 is 0 Å². The summed E-state index contributed by atoms with van der Waals surface area (Å²) in [6.45, 7) is 2.92. The fourth-order valence-electron chi connectivity index (χ4n) is 0.987. The highest BCUT2D eigenvalue weighted by Gasteiger charge is 2.43. The molecule has 1 aromatic heterocycles. The molecule has 0 aliphatic heterocycles. The van der Waals surface area contributed by atoms with Crippen molar-refractivity contribution in [3.8, 4) is 0 Å². The molecule has 1 aromatic rings. The van der Waals surface area contributed by atoms with E-state index in [0.29, 0.717) is 5.69 Å². The second kappa shape index (κ2) is 3.28. The second-order valence-electron chi connectivity index (χ2n) is 2.82. The summed E-state index contributed by atoms with van der Waals surface area (Å²) in [6.07, 6.45) is 0. The summed E-state index contributed by atoms with van der Waals surface area (Å²) in [5.74, 6) is -6.05. The third-order valence-electron chi connectivity index (χ3n) is 1.56.